The molecule has 0 aliphatic rings. The highest BCUT2D eigenvalue weighted by molar-refractivity contribution is 5.58. The third-order valence-electron chi connectivity index (χ3n) is 2.65. The predicted molar refractivity (Wildman–Crippen MR) is 68.7 cm³/mol. The standard InChI is InChI=1S/C13H11N5O/c1-9-8-10(13-15-17-18-16-13)5-6-11(9)19-12-4-2-3-7-14-12/h2-8H,1H3,(H,15,16,17,18). The van der Waals surface area contributed by atoms with Gasteiger partial charge >= 0.3 is 0 Å². The molecule has 0 atom stereocenters. The average Bonchev–Trinajstić information content (AvgIpc) is 2.96. The minimum absolute atomic E-state index is 0.569. The zero-order chi connectivity index (χ0) is 13.1. The molecular weight excluding hydrogens is 242 g/mol. The summed E-state index contributed by atoms with van der Waals surface area (Å²) < 4.78 is 5.71. The number of benzene rings is 1. The van der Waals surface area contributed by atoms with Crippen LogP contribution in [0.5, 0.6) is 11.6 Å². The number of tetrazole rings is 1. The molecule has 0 radical (unpaired) electrons. The van der Waals surface area contributed by atoms with Crippen LogP contribution in [0.25, 0.3) is 11.4 Å². The monoisotopic (exact) mass is 253 g/mol. The summed E-state index contributed by atoms with van der Waals surface area (Å²) >= 11 is 0. The molecule has 0 bridgehead atoms. The van der Waals surface area contributed by atoms with Gasteiger partial charge in [0.15, 0.2) is 5.82 Å². The van der Waals surface area contributed by atoms with Crippen LogP contribution < -0.4 is 4.74 Å². The Labute approximate surface area is 109 Å². The molecule has 0 saturated heterocycles. The van der Waals surface area contributed by atoms with E-state index >= 15 is 0 Å². The molecular formula is C13H11N5O. The quantitative estimate of drug-likeness (QED) is 0.775. The Hall–Kier alpha value is -2.76. The smallest absolute Gasteiger partial charge is 0.219 e. The van der Waals surface area contributed by atoms with Crippen molar-refractivity contribution in [3.8, 4) is 23.0 Å². The first kappa shape index (κ1) is 11.3. The molecule has 0 aliphatic carbocycles. The van der Waals surface area contributed by atoms with Gasteiger partial charge in [-0.15, -0.1) is 5.10 Å². The fraction of sp³-hybridized carbons (Fsp3) is 0.0769. The number of hydrogen-bond acceptors (Lipinski definition) is 5. The van der Waals surface area contributed by atoms with Crippen LogP contribution in [-0.2, 0) is 0 Å². The van der Waals surface area contributed by atoms with E-state index in [0.717, 1.165) is 16.9 Å². The minimum Gasteiger partial charge on any atom is -0.439 e. The van der Waals surface area contributed by atoms with E-state index in [1.165, 1.54) is 0 Å². The van der Waals surface area contributed by atoms with Crippen LogP contribution in [0, 0.1) is 6.92 Å². The van der Waals surface area contributed by atoms with Crippen molar-refractivity contribution in [1.82, 2.24) is 25.6 Å². The Morgan fingerprint density at radius 1 is 1.16 bits per heavy atom. The third kappa shape index (κ3) is 2.42. The van der Waals surface area contributed by atoms with Gasteiger partial charge in [-0.3, -0.25) is 0 Å². The number of H-pyrrole nitrogens is 1. The maximum Gasteiger partial charge on any atom is 0.219 e. The number of aryl methyl sites for hydroxylation is 1. The maximum absolute atomic E-state index is 5.71. The second-order valence-corrected chi connectivity index (χ2v) is 4.00. The lowest BCUT2D eigenvalue weighted by Crippen LogP contribution is -1.91. The number of rotatable bonds is 3. The Balaban J connectivity index is 1.88. The first-order valence-corrected chi connectivity index (χ1v) is 5.76. The lowest BCUT2D eigenvalue weighted by Gasteiger charge is -2.08. The zero-order valence-corrected chi connectivity index (χ0v) is 10.2. The van der Waals surface area contributed by atoms with Gasteiger partial charge < -0.3 is 4.74 Å². The summed E-state index contributed by atoms with van der Waals surface area (Å²) in [6.45, 7) is 1.96. The van der Waals surface area contributed by atoms with Gasteiger partial charge in [-0.1, -0.05) is 6.07 Å². The summed E-state index contributed by atoms with van der Waals surface area (Å²) in [4.78, 5) is 4.13. The third-order valence-corrected chi connectivity index (χ3v) is 2.65. The van der Waals surface area contributed by atoms with Crippen molar-refractivity contribution in [1.29, 1.82) is 0 Å². The van der Waals surface area contributed by atoms with Gasteiger partial charge in [0.2, 0.25) is 5.88 Å². The SMILES string of the molecule is Cc1cc(-c2nnn[nH]2)ccc1Oc1ccccn1. The summed E-state index contributed by atoms with van der Waals surface area (Å²) in [5.74, 6) is 1.96. The Kier molecular flexibility index (Phi) is 2.89. The highest BCUT2D eigenvalue weighted by Gasteiger charge is 2.06. The van der Waals surface area contributed by atoms with Crippen LogP contribution in [0.4, 0.5) is 0 Å². The topological polar surface area (TPSA) is 76.6 Å². The van der Waals surface area contributed by atoms with Gasteiger partial charge in [-0.05, 0) is 47.2 Å². The normalized spacial score (nSPS) is 10.4. The summed E-state index contributed by atoms with van der Waals surface area (Å²) in [6.07, 6.45) is 1.69. The number of aromatic amines is 1. The Morgan fingerprint density at radius 3 is 2.79 bits per heavy atom. The molecule has 6 nitrogen and oxygen atoms in total. The molecule has 3 aromatic rings. The highest BCUT2D eigenvalue weighted by atomic mass is 16.5. The van der Waals surface area contributed by atoms with Gasteiger partial charge in [0.1, 0.15) is 5.75 Å². The van der Waals surface area contributed by atoms with Gasteiger partial charge in [-0.2, -0.15) is 0 Å². The zero-order valence-electron chi connectivity index (χ0n) is 10.2. The molecule has 1 N–H and O–H groups in total. The number of aromatic nitrogens is 5. The summed E-state index contributed by atoms with van der Waals surface area (Å²) in [5, 5.41) is 13.7. The van der Waals surface area contributed by atoms with Crippen molar-refractivity contribution in [2.24, 2.45) is 0 Å². The van der Waals surface area contributed by atoms with E-state index in [2.05, 4.69) is 25.6 Å². The van der Waals surface area contributed by atoms with E-state index in [9.17, 15) is 0 Å². The van der Waals surface area contributed by atoms with Crippen LogP contribution >= 0.6 is 0 Å². The summed E-state index contributed by atoms with van der Waals surface area (Å²) in [5.41, 5.74) is 1.90. The maximum atomic E-state index is 5.71. The molecule has 0 unspecified atom stereocenters. The van der Waals surface area contributed by atoms with Crippen molar-refractivity contribution in [2.45, 2.75) is 6.92 Å². The molecule has 0 spiro atoms. The predicted octanol–water partition coefficient (Wildman–Crippen LogP) is 2.36. The minimum atomic E-state index is 0.569. The van der Waals surface area contributed by atoms with E-state index < -0.39 is 0 Å². The second kappa shape index (κ2) is 4.85. The molecule has 0 amide bonds. The van der Waals surface area contributed by atoms with Gasteiger partial charge in [-0.25, -0.2) is 10.1 Å². The van der Waals surface area contributed by atoms with Crippen molar-refractivity contribution < 1.29 is 4.74 Å². The number of hydrogen-bond donors (Lipinski definition) is 1. The van der Waals surface area contributed by atoms with Gasteiger partial charge in [0, 0.05) is 17.8 Å². The molecule has 2 aromatic heterocycles. The average molecular weight is 253 g/mol. The fourth-order valence-electron chi connectivity index (χ4n) is 1.71. The Bertz CT molecular complexity index is 667. The molecule has 0 aliphatic heterocycles. The molecule has 0 saturated carbocycles. The molecule has 6 heteroatoms. The summed E-state index contributed by atoms with van der Waals surface area (Å²) in [6, 6.07) is 11.3. The van der Waals surface area contributed by atoms with E-state index in [4.69, 9.17) is 4.74 Å². The molecule has 3 rings (SSSR count). The lowest BCUT2D eigenvalue weighted by molar-refractivity contribution is 0.459. The van der Waals surface area contributed by atoms with Crippen LogP contribution in [0.15, 0.2) is 42.6 Å². The molecule has 94 valence electrons. The van der Waals surface area contributed by atoms with Crippen LogP contribution in [0.3, 0.4) is 0 Å². The summed E-state index contributed by atoms with van der Waals surface area (Å²) in [7, 11) is 0. The van der Waals surface area contributed by atoms with Crippen molar-refractivity contribution >= 4 is 0 Å². The first-order valence-electron chi connectivity index (χ1n) is 5.76. The molecule has 19 heavy (non-hydrogen) atoms. The highest BCUT2D eigenvalue weighted by Crippen LogP contribution is 2.26. The number of pyridine rings is 1. The van der Waals surface area contributed by atoms with Crippen LogP contribution in [0.1, 0.15) is 5.56 Å². The Morgan fingerprint density at radius 2 is 2.11 bits per heavy atom. The second-order valence-electron chi connectivity index (χ2n) is 4.00. The van der Waals surface area contributed by atoms with E-state index in [1.807, 2.05) is 43.3 Å². The number of nitrogens with one attached hydrogen (secondary N) is 1. The van der Waals surface area contributed by atoms with E-state index in [-0.39, 0.29) is 0 Å². The van der Waals surface area contributed by atoms with Crippen LogP contribution in [-0.4, -0.2) is 25.6 Å². The molecule has 0 fully saturated rings. The fourth-order valence-corrected chi connectivity index (χ4v) is 1.71. The largest absolute Gasteiger partial charge is 0.439 e. The van der Waals surface area contributed by atoms with E-state index in [0.29, 0.717) is 11.7 Å². The lowest BCUT2D eigenvalue weighted by atomic mass is 10.1. The number of ether oxygens (including phenoxy) is 1. The first-order chi connectivity index (χ1) is 9.33. The van der Waals surface area contributed by atoms with Crippen molar-refractivity contribution in [2.75, 3.05) is 0 Å². The molecule has 1 aromatic carbocycles. The number of nitrogens with zero attached hydrogens (tertiary/aromatic N) is 4. The van der Waals surface area contributed by atoms with Gasteiger partial charge in [0.05, 0.1) is 0 Å². The van der Waals surface area contributed by atoms with E-state index in [1.54, 1.807) is 6.20 Å². The van der Waals surface area contributed by atoms with Crippen molar-refractivity contribution in [3.05, 3.63) is 48.2 Å². The molecule has 2 heterocycles. The van der Waals surface area contributed by atoms with Crippen LogP contribution in [0.2, 0.25) is 0 Å². The van der Waals surface area contributed by atoms with Crippen molar-refractivity contribution in [3.63, 3.8) is 0 Å². The van der Waals surface area contributed by atoms with Gasteiger partial charge in [0.25, 0.3) is 0 Å².